The van der Waals surface area contributed by atoms with Crippen LogP contribution in [0.25, 0.3) is 0 Å². The Balaban J connectivity index is 1.17. The maximum absolute atomic E-state index is 14.1. The van der Waals surface area contributed by atoms with E-state index in [0.717, 1.165) is 61.4 Å². The molecule has 0 N–H and O–H groups in total. The highest BCUT2D eigenvalue weighted by molar-refractivity contribution is 7.17. The van der Waals surface area contributed by atoms with Gasteiger partial charge >= 0.3 is 0 Å². The molecule has 0 radical (unpaired) electrons. The third-order valence-electron chi connectivity index (χ3n) is 9.06. The summed E-state index contributed by atoms with van der Waals surface area (Å²) in [6, 6.07) is 21.6. The van der Waals surface area contributed by atoms with Crippen molar-refractivity contribution in [3.63, 3.8) is 0 Å². The lowest BCUT2D eigenvalue weighted by Crippen LogP contribution is -2.48. The lowest BCUT2D eigenvalue weighted by atomic mass is 9.82. The number of nitrogens with zero attached hydrogens (tertiary/aromatic N) is 6. The van der Waals surface area contributed by atoms with E-state index < -0.39 is 0 Å². The summed E-state index contributed by atoms with van der Waals surface area (Å²) in [5, 5.41) is 9.15. The molecule has 1 aliphatic heterocycles. The number of carbonyl (C=O) groups is 2. The van der Waals surface area contributed by atoms with Crippen LogP contribution in [-0.2, 0) is 17.9 Å². The van der Waals surface area contributed by atoms with Crippen LogP contribution in [0.1, 0.15) is 59.1 Å². The molecule has 2 fully saturated rings. The molecule has 1 saturated heterocycles. The Kier molecular flexibility index (Phi) is 9.53. The molecule has 0 bridgehead atoms. The zero-order chi connectivity index (χ0) is 31.3. The number of hydrogen-bond donors (Lipinski definition) is 0. The van der Waals surface area contributed by atoms with Gasteiger partial charge < -0.3 is 19.3 Å². The number of piperazine rings is 1. The fraction of sp³-hybridized carbons (Fsp3) is 0.371. The minimum absolute atomic E-state index is 0.0135. The van der Waals surface area contributed by atoms with Crippen molar-refractivity contribution < 1.29 is 9.59 Å². The zero-order valence-corrected chi connectivity index (χ0v) is 27.0. The van der Waals surface area contributed by atoms with Crippen LogP contribution in [0.2, 0.25) is 4.34 Å². The monoisotopic (exact) mass is 640 g/mol. The number of halogens is 1. The van der Waals surface area contributed by atoms with E-state index in [0.29, 0.717) is 46.9 Å². The fourth-order valence-electron chi connectivity index (χ4n) is 6.29. The molecule has 0 atom stereocenters. The summed E-state index contributed by atoms with van der Waals surface area (Å²) < 4.78 is 2.70. The van der Waals surface area contributed by atoms with Gasteiger partial charge in [0.05, 0.1) is 39.4 Å². The van der Waals surface area contributed by atoms with Gasteiger partial charge in [0.2, 0.25) is 5.91 Å². The van der Waals surface area contributed by atoms with Crippen molar-refractivity contribution in [2.45, 2.75) is 45.7 Å². The largest absolute Gasteiger partial charge is 0.368 e. The van der Waals surface area contributed by atoms with E-state index >= 15 is 0 Å². The molecule has 2 amide bonds. The second-order valence-electron chi connectivity index (χ2n) is 12.1. The van der Waals surface area contributed by atoms with Gasteiger partial charge in [0.15, 0.2) is 0 Å². The van der Waals surface area contributed by atoms with Crippen molar-refractivity contribution in [2.75, 3.05) is 36.0 Å². The maximum atomic E-state index is 14.1. The molecule has 2 aliphatic rings. The van der Waals surface area contributed by atoms with Gasteiger partial charge in [-0.3, -0.25) is 9.59 Å². The van der Waals surface area contributed by atoms with Crippen molar-refractivity contribution in [3.05, 3.63) is 99.2 Å². The van der Waals surface area contributed by atoms with Crippen molar-refractivity contribution in [2.24, 2.45) is 11.8 Å². The number of carbonyl (C=O) groups excluding carboxylic acids is 2. The first-order chi connectivity index (χ1) is 21.9. The molecule has 10 heteroatoms. The quantitative estimate of drug-likeness (QED) is 0.211. The highest BCUT2D eigenvalue weighted by Gasteiger charge is 2.30. The summed E-state index contributed by atoms with van der Waals surface area (Å²) in [5.74, 6) is 0.877. The number of amides is 2. The minimum Gasteiger partial charge on any atom is -0.368 e. The van der Waals surface area contributed by atoms with E-state index in [1.165, 1.54) is 11.3 Å². The number of benzene rings is 2. The normalized spacial score (nSPS) is 18.4. The number of anilines is 2. The average Bonchev–Trinajstić information content (AvgIpc) is 3.72. The van der Waals surface area contributed by atoms with Gasteiger partial charge in [-0.25, -0.2) is 4.98 Å². The molecule has 2 aromatic carbocycles. The molecule has 4 aromatic rings. The van der Waals surface area contributed by atoms with E-state index in [4.69, 9.17) is 16.9 Å². The molecule has 1 aliphatic carbocycles. The molecule has 0 spiro atoms. The van der Waals surface area contributed by atoms with Crippen LogP contribution in [-0.4, -0.2) is 52.4 Å². The predicted octanol–water partition coefficient (Wildman–Crippen LogP) is 6.84. The first-order valence-corrected chi connectivity index (χ1v) is 16.8. The van der Waals surface area contributed by atoms with E-state index in [-0.39, 0.29) is 17.7 Å². The Morgan fingerprint density at radius 3 is 2.33 bits per heavy atom. The molecule has 8 nitrogen and oxygen atoms in total. The van der Waals surface area contributed by atoms with Gasteiger partial charge in [0, 0.05) is 56.2 Å². The molecule has 232 valence electrons. The summed E-state index contributed by atoms with van der Waals surface area (Å²) in [5.41, 5.74) is 4.60. The molecule has 45 heavy (non-hydrogen) atoms. The second kappa shape index (κ2) is 13.9. The average molecular weight is 641 g/mol. The first-order valence-electron chi connectivity index (χ1n) is 15.6. The van der Waals surface area contributed by atoms with Gasteiger partial charge in [-0.1, -0.05) is 30.7 Å². The van der Waals surface area contributed by atoms with Crippen LogP contribution in [0, 0.1) is 23.2 Å². The van der Waals surface area contributed by atoms with Crippen molar-refractivity contribution in [1.29, 1.82) is 5.26 Å². The van der Waals surface area contributed by atoms with Crippen LogP contribution < -0.4 is 9.80 Å². The van der Waals surface area contributed by atoms with Gasteiger partial charge in [-0.15, -0.1) is 11.3 Å². The van der Waals surface area contributed by atoms with Gasteiger partial charge in [0.1, 0.15) is 0 Å². The molecule has 6 rings (SSSR count). The lowest BCUT2D eigenvalue weighted by molar-refractivity contribution is -0.123. The van der Waals surface area contributed by atoms with E-state index in [2.05, 4.69) is 39.6 Å². The molecule has 1 saturated carbocycles. The Bertz CT molecular complexity index is 1660. The minimum atomic E-state index is 0.0135. The number of thiophene rings is 1. The summed E-state index contributed by atoms with van der Waals surface area (Å²) in [4.78, 5) is 38.2. The lowest BCUT2D eigenvalue weighted by Gasteiger charge is -2.36. The Morgan fingerprint density at radius 1 is 0.978 bits per heavy atom. The Morgan fingerprint density at radius 2 is 1.69 bits per heavy atom. The van der Waals surface area contributed by atoms with Crippen LogP contribution in [0.3, 0.4) is 0 Å². The molecule has 3 heterocycles. The topological polar surface area (TPSA) is 85.5 Å². The number of imidazole rings is 1. The third-order valence-corrected chi connectivity index (χ3v) is 10.3. The highest BCUT2D eigenvalue weighted by Crippen LogP contribution is 2.33. The molecular weight excluding hydrogens is 604 g/mol. The first kappa shape index (κ1) is 30.9. The smallest absolute Gasteiger partial charge is 0.264 e. The second-order valence-corrected chi connectivity index (χ2v) is 13.8. The van der Waals surface area contributed by atoms with Crippen molar-refractivity contribution in [1.82, 2.24) is 14.5 Å². The standard InChI is InChI=1S/C35H37ClN6O2S/c1-25-2-8-28(9-3-25)34(43)42(23-31-21-38-24-41(31)22-27-6-4-26(20-37)5-7-27)30-12-10-29(11-13-30)39-16-18-40(19-17-39)35(44)32-14-15-33(36)45-32/h4-7,10-15,21,24-25,28H,2-3,8-9,16-19,22-23H2,1H3. The van der Waals surface area contributed by atoms with Crippen LogP contribution in [0.15, 0.2) is 73.2 Å². The Labute approximate surface area is 273 Å². The number of aromatic nitrogens is 2. The van der Waals surface area contributed by atoms with Gasteiger partial charge in [0.25, 0.3) is 5.91 Å². The number of rotatable bonds is 8. The number of hydrogen-bond acceptors (Lipinski definition) is 6. The zero-order valence-electron chi connectivity index (χ0n) is 25.4. The van der Waals surface area contributed by atoms with Gasteiger partial charge in [-0.05, 0) is 85.7 Å². The van der Waals surface area contributed by atoms with Crippen molar-refractivity contribution in [3.8, 4) is 6.07 Å². The maximum Gasteiger partial charge on any atom is 0.264 e. The molecular formula is C35H37ClN6O2S. The SMILES string of the molecule is CC1CCC(C(=O)N(Cc2cncn2Cc2ccc(C#N)cc2)c2ccc(N3CCN(C(=O)c4ccc(Cl)s4)CC3)cc2)CC1. The highest BCUT2D eigenvalue weighted by atomic mass is 35.5. The van der Waals surface area contributed by atoms with Crippen molar-refractivity contribution >= 4 is 46.1 Å². The summed E-state index contributed by atoms with van der Waals surface area (Å²) in [6.45, 7) is 6.06. The predicted molar refractivity (Wildman–Crippen MR) is 179 cm³/mol. The molecule has 0 unspecified atom stereocenters. The summed E-state index contributed by atoms with van der Waals surface area (Å²) >= 11 is 7.36. The van der Waals surface area contributed by atoms with Crippen LogP contribution >= 0.6 is 22.9 Å². The molecule has 2 aromatic heterocycles. The van der Waals surface area contributed by atoms with Gasteiger partial charge in [-0.2, -0.15) is 5.26 Å². The summed E-state index contributed by atoms with van der Waals surface area (Å²) in [7, 11) is 0. The summed E-state index contributed by atoms with van der Waals surface area (Å²) in [6.07, 6.45) is 7.63. The fourth-order valence-corrected chi connectivity index (χ4v) is 7.30. The third kappa shape index (κ3) is 7.24. The van der Waals surface area contributed by atoms with E-state index in [1.54, 1.807) is 18.5 Å². The number of nitriles is 1. The van der Waals surface area contributed by atoms with Crippen LogP contribution in [0.5, 0.6) is 0 Å². The Hall–Kier alpha value is -4.13. The van der Waals surface area contributed by atoms with E-state index in [1.807, 2.05) is 52.4 Å². The van der Waals surface area contributed by atoms with Crippen LogP contribution in [0.4, 0.5) is 11.4 Å². The van der Waals surface area contributed by atoms with E-state index in [9.17, 15) is 9.59 Å².